The van der Waals surface area contributed by atoms with E-state index in [0.717, 1.165) is 42.1 Å². The second-order valence-electron chi connectivity index (χ2n) is 8.42. The van der Waals surface area contributed by atoms with Gasteiger partial charge in [-0.05, 0) is 55.3 Å². The highest BCUT2D eigenvalue weighted by Gasteiger charge is 2.22. The summed E-state index contributed by atoms with van der Waals surface area (Å²) in [6, 6.07) is 9.22. The van der Waals surface area contributed by atoms with Crippen molar-refractivity contribution in [3.63, 3.8) is 0 Å². The molecule has 34 heavy (non-hydrogen) atoms. The van der Waals surface area contributed by atoms with Crippen molar-refractivity contribution in [2.24, 2.45) is 0 Å². The molecule has 2 aromatic heterocycles. The quantitative estimate of drug-likeness (QED) is 0.575. The lowest BCUT2D eigenvalue weighted by molar-refractivity contribution is 0.0953. The molecular weight excluding hydrogens is 446 g/mol. The predicted octanol–water partition coefficient (Wildman–Crippen LogP) is 4.21. The number of carbonyl (C=O) groups excluding carboxylic acids is 2. The van der Waals surface area contributed by atoms with Crippen molar-refractivity contribution < 1.29 is 9.59 Å². The van der Waals surface area contributed by atoms with E-state index in [4.69, 9.17) is 0 Å². The summed E-state index contributed by atoms with van der Waals surface area (Å²) < 4.78 is 0. The molecule has 3 heterocycles. The van der Waals surface area contributed by atoms with Crippen LogP contribution in [0, 0.1) is 0 Å². The van der Waals surface area contributed by atoms with Crippen LogP contribution in [0.15, 0.2) is 54.3 Å². The van der Waals surface area contributed by atoms with Crippen molar-refractivity contribution in [3.05, 3.63) is 76.0 Å². The highest BCUT2D eigenvalue weighted by Crippen LogP contribution is 2.26. The highest BCUT2D eigenvalue weighted by atomic mass is 32.1. The maximum Gasteiger partial charge on any atom is 0.259 e. The Balaban J connectivity index is 1.56. The molecule has 0 bridgehead atoms. The second-order valence-corrected chi connectivity index (χ2v) is 9.40. The number of thiazole rings is 1. The van der Waals surface area contributed by atoms with Gasteiger partial charge in [0, 0.05) is 61.3 Å². The normalized spacial score (nSPS) is 15.0. The summed E-state index contributed by atoms with van der Waals surface area (Å²) in [5.74, 6) is -0.178. The monoisotopic (exact) mass is 477 g/mol. The molecule has 3 aromatic rings. The molecule has 0 spiro atoms. The molecule has 4 rings (SSSR count). The molecule has 1 aromatic carbocycles. The van der Waals surface area contributed by atoms with Gasteiger partial charge in [-0.25, -0.2) is 4.98 Å². The van der Waals surface area contributed by atoms with E-state index >= 15 is 0 Å². The highest BCUT2D eigenvalue weighted by molar-refractivity contribution is 7.09. The number of nitrogens with zero attached hydrogens (tertiary/aromatic N) is 3. The van der Waals surface area contributed by atoms with Gasteiger partial charge in [-0.1, -0.05) is 19.3 Å². The van der Waals surface area contributed by atoms with Gasteiger partial charge in [0.2, 0.25) is 0 Å². The van der Waals surface area contributed by atoms with Crippen molar-refractivity contribution in [3.8, 4) is 0 Å². The Morgan fingerprint density at radius 3 is 2.76 bits per heavy atom. The molecule has 1 aliphatic rings. The van der Waals surface area contributed by atoms with Gasteiger partial charge in [-0.2, -0.15) is 0 Å². The molecule has 8 heteroatoms. The van der Waals surface area contributed by atoms with Gasteiger partial charge in [0.05, 0.1) is 10.6 Å². The van der Waals surface area contributed by atoms with Gasteiger partial charge in [-0.3, -0.25) is 14.6 Å². The van der Waals surface area contributed by atoms with E-state index in [1.165, 1.54) is 12.8 Å². The first-order valence-corrected chi connectivity index (χ1v) is 12.8. The van der Waals surface area contributed by atoms with Crippen LogP contribution in [-0.2, 0) is 13.0 Å². The molecule has 0 atom stereocenters. The molecule has 0 saturated heterocycles. The molecular formula is C26H31N5O2S. The SMILES string of the molecule is O=C(NCCc1nccs1)c1ccc2c(c1)CNCCCCCCCN2C(=O)c1cccnc1. The molecule has 0 aliphatic carbocycles. The molecule has 1 aliphatic heterocycles. The van der Waals surface area contributed by atoms with E-state index in [9.17, 15) is 9.59 Å². The zero-order valence-electron chi connectivity index (χ0n) is 19.3. The van der Waals surface area contributed by atoms with Gasteiger partial charge in [0.25, 0.3) is 11.8 Å². The molecule has 0 fully saturated rings. The first-order chi connectivity index (χ1) is 16.7. The van der Waals surface area contributed by atoms with Crippen LogP contribution in [0.25, 0.3) is 0 Å². The fourth-order valence-corrected chi connectivity index (χ4v) is 4.76. The minimum Gasteiger partial charge on any atom is -0.352 e. The van der Waals surface area contributed by atoms with Crippen molar-refractivity contribution in [2.75, 3.05) is 24.5 Å². The fourth-order valence-electron chi connectivity index (χ4n) is 4.14. The summed E-state index contributed by atoms with van der Waals surface area (Å²) in [6.07, 6.45) is 11.3. The molecule has 0 unspecified atom stereocenters. The number of amides is 2. The number of pyridine rings is 1. The minimum absolute atomic E-state index is 0.0629. The average molecular weight is 478 g/mol. The summed E-state index contributed by atoms with van der Waals surface area (Å²) >= 11 is 1.59. The van der Waals surface area contributed by atoms with E-state index in [1.54, 1.807) is 42.1 Å². The number of anilines is 1. The molecule has 7 nitrogen and oxygen atoms in total. The van der Waals surface area contributed by atoms with Crippen LogP contribution in [0.1, 0.15) is 63.4 Å². The first-order valence-electron chi connectivity index (χ1n) is 11.9. The number of rotatable bonds is 5. The Bertz CT molecular complexity index is 1070. The number of nitrogens with one attached hydrogen (secondary N) is 2. The van der Waals surface area contributed by atoms with Gasteiger partial charge in [-0.15, -0.1) is 11.3 Å². The van der Waals surface area contributed by atoms with Crippen molar-refractivity contribution >= 4 is 28.8 Å². The fraction of sp³-hybridized carbons (Fsp3) is 0.385. The predicted molar refractivity (Wildman–Crippen MR) is 135 cm³/mol. The Morgan fingerprint density at radius 2 is 1.94 bits per heavy atom. The van der Waals surface area contributed by atoms with Gasteiger partial charge < -0.3 is 15.5 Å². The molecule has 2 amide bonds. The Morgan fingerprint density at radius 1 is 1.06 bits per heavy atom. The van der Waals surface area contributed by atoms with Crippen LogP contribution >= 0.6 is 11.3 Å². The smallest absolute Gasteiger partial charge is 0.259 e. The van der Waals surface area contributed by atoms with E-state index < -0.39 is 0 Å². The van der Waals surface area contributed by atoms with E-state index in [1.807, 2.05) is 28.5 Å². The second kappa shape index (κ2) is 12.4. The Kier molecular flexibility index (Phi) is 8.76. The van der Waals surface area contributed by atoms with Crippen LogP contribution in [0.5, 0.6) is 0 Å². The van der Waals surface area contributed by atoms with Crippen LogP contribution < -0.4 is 15.5 Å². The summed E-state index contributed by atoms with van der Waals surface area (Å²) in [5.41, 5.74) is 2.96. The van der Waals surface area contributed by atoms with E-state index in [-0.39, 0.29) is 11.8 Å². The largest absolute Gasteiger partial charge is 0.352 e. The lowest BCUT2D eigenvalue weighted by atomic mass is 10.0. The summed E-state index contributed by atoms with van der Waals surface area (Å²) in [5, 5.41) is 9.43. The van der Waals surface area contributed by atoms with Crippen LogP contribution in [0.3, 0.4) is 0 Å². The third-order valence-corrected chi connectivity index (χ3v) is 6.78. The Hall–Kier alpha value is -3.10. The van der Waals surface area contributed by atoms with Crippen LogP contribution in [0.4, 0.5) is 5.69 Å². The van der Waals surface area contributed by atoms with Gasteiger partial charge in [0.15, 0.2) is 0 Å². The van der Waals surface area contributed by atoms with Crippen molar-refractivity contribution in [1.82, 2.24) is 20.6 Å². The number of aromatic nitrogens is 2. The van der Waals surface area contributed by atoms with Gasteiger partial charge in [0.1, 0.15) is 0 Å². The average Bonchev–Trinajstić information content (AvgIpc) is 3.38. The lowest BCUT2D eigenvalue weighted by Crippen LogP contribution is -2.34. The number of carbonyl (C=O) groups is 2. The van der Waals surface area contributed by atoms with Crippen LogP contribution in [0.2, 0.25) is 0 Å². The van der Waals surface area contributed by atoms with Crippen molar-refractivity contribution in [1.29, 1.82) is 0 Å². The van der Waals surface area contributed by atoms with Crippen molar-refractivity contribution in [2.45, 2.75) is 45.1 Å². The minimum atomic E-state index is -0.115. The van der Waals surface area contributed by atoms with Gasteiger partial charge >= 0.3 is 0 Å². The van der Waals surface area contributed by atoms with E-state index in [2.05, 4.69) is 20.6 Å². The summed E-state index contributed by atoms with van der Waals surface area (Å²) in [7, 11) is 0. The van der Waals surface area contributed by atoms with E-state index in [0.29, 0.717) is 37.2 Å². The Labute approximate surface area is 204 Å². The third-order valence-electron chi connectivity index (χ3n) is 5.94. The topological polar surface area (TPSA) is 87.2 Å². The number of hydrogen-bond acceptors (Lipinski definition) is 6. The third kappa shape index (κ3) is 6.48. The number of hydrogen-bond donors (Lipinski definition) is 2. The zero-order chi connectivity index (χ0) is 23.6. The molecule has 178 valence electrons. The summed E-state index contributed by atoms with van der Waals surface area (Å²) in [6.45, 7) is 2.69. The zero-order valence-corrected chi connectivity index (χ0v) is 20.2. The molecule has 0 saturated carbocycles. The van der Waals surface area contributed by atoms with Crippen LogP contribution in [-0.4, -0.2) is 41.4 Å². The lowest BCUT2D eigenvalue weighted by Gasteiger charge is -2.26. The standard InChI is InChI=1S/C26H31N5O2S/c32-25(30-13-10-24-29-14-16-34-24)20-8-9-23-22(17-20)19-27-11-4-2-1-3-5-15-31(23)26(33)21-7-6-12-28-18-21/h6-9,12,14,16-18,27H,1-5,10-11,13,15,19H2,(H,30,32). The molecule has 0 radical (unpaired) electrons. The molecule has 2 N–H and O–H groups in total. The number of benzene rings is 1. The number of fused-ring (bicyclic) bond motifs is 1. The first kappa shape index (κ1) is 24.0. The maximum absolute atomic E-state index is 13.4. The maximum atomic E-state index is 13.4. The summed E-state index contributed by atoms with van der Waals surface area (Å²) in [4.78, 5) is 36.5.